The van der Waals surface area contributed by atoms with E-state index < -0.39 is 0 Å². The van der Waals surface area contributed by atoms with Gasteiger partial charge in [-0.2, -0.15) is 0 Å². The predicted molar refractivity (Wildman–Crippen MR) is 66.0 cm³/mol. The number of hydrogen-bond donors (Lipinski definition) is 1. The van der Waals surface area contributed by atoms with E-state index in [1.54, 1.807) is 11.3 Å². The number of rotatable bonds is 4. The summed E-state index contributed by atoms with van der Waals surface area (Å²) in [5.74, 6) is -0.232. The Morgan fingerprint density at radius 1 is 1.59 bits per heavy atom. The van der Waals surface area contributed by atoms with Crippen LogP contribution in [0.15, 0.2) is 5.38 Å². The third-order valence-corrected chi connectivity index (χ3v) is 3.60. The van der Waals surface area contributed by atoms with Crippen LogP contribution in [0.4, 0.5) is 0 Å². The molecule has 0 amide bonds. The van der Waals surface area contributed by atoms with Gasteiger partial charge in [-0.3, -0.25) is 9.69 Å². The van der Waals surface area contributed by atoms with E-state index in [9.17, 15) is 4.79 Å². The van der Waals surface area contributed by atoms with Crippen LogP contribution in [-0.4, -0.2) is 49.1 Å². The van der Waals surface area contributed by atoms with Crippen LogP contribution in [0.2, 0.25) is 0 Å². The van der Waals surface area contributed by atoms with Crippen LogP contribution in [0.5, 0.6) is 0 Å². The summed E-state index contributed by atoms with van der Waals surface area (Å²) < 4.78 is 4.62. The fourth-order valence-corrected chi connectivity index (χ4v) is 2.62. The second-order valence-corrected chi connectivity index (χ2v) is 4.95. The first kappa shape index (κ1) is 12.5. The minimum atomic E-state index is -0.232. The number of aromatic nitrogens is 1. The fraction of sp³-hybridized carbons (Fsp3) is 0.636. The van der Waals surface area contributed by atoms with Crippen molar-refractivity contribution in [3.05, 3.63) is 16.1 Å². The molecule has 94 valence electrons. The maximum Gasteiger partial charge on any atom is 0.311 e. The molecule has 1 aliphatic heterocycles. The Labute approximate surface area is 105 Å². The summed E-state index contributed by atoms with van der Waals surface area (Å²) in [6, 6.07) is 0. The highest BCUT2D eigenvalue weighted by Crippen LogP contribution is 2.13. The van der Waals surface area contributed by atoms with Gasteiger partial charge in [0.25, 0.3) is 0 Å². The Morgan fingerprint density at radius 2 is 2.35 bits per heavy atom. The SMILES string of the molecule is COC(=O)Cc1csc(CN2CCNCC2)n1. The molecule has 2 rings (SSSR count). The quantitative estimate of drug-likeness (QED) is 0.782. The Morgan fingerprint density at radius 3 is 3.06 bits per heavy atom. The van der Waals surface area contributed by atoms with Crippen molar-refractivity contribution in [3.8, 4) is 0 Å². The molecule has 0 saturated carbocycles. The van der Waals surface area contributed by atoms with Crippen molar-refractivity contribution in [2.75, 3.05) is 33.3 Å². The second-order valence-electron chi connectivity index (χ2n) is 4.01. The van der Waals surface area contributed by atoms with Gasteiger partial charge in [-0.15, -0.1) is 11.3 Å². The molecule has 0 bridgehead atoms. The molecule has 1 aromatic rings. The maximum absolute atomic E-state index is 11.1. The number of esters is 1. The summed E-state index contributed by atoms with van der Waals surface area (Å²) in [5, 5.41) is 6.33. The van der Waals surface area contributed by atoms with Gasteiger partial charge in [0, 0.05) is 31.6 Å². The molecule has 0 spiro atoms. The third kappa shape index (κ3) is 3.76. The van der Waals surface area contributed by atoms with Gasteiger partial charge in [-0.1, -0.05) is 0 Å². The number of methoxy groups -OCH3 is 1. The van der Waals surface area contributed by atoms with Crippen LogP contribution in [0, 0.1) is 0 Å². The molecule has 1 aliphatic rings. The molecule has 1 fully saturated rings. The topological polar surface area (TPSA) is 54.5 Å². The number of ether oxygens (including phenoxy) is 1. The van der Waals surface area contributed by atoms with Crippen LogP contribution < -0.4 is 5.32 Å². The molecule has 0 aliphatic carbocycles. The number of thiazole rings is 1. The molecular formula is C11H17N3O2S. The first-order valence-corrected chi connectivity index (χ1v) is 6.59. The van der Waals surface area contributed by atoms with Crippen LogP contribution in [0.1, 0.15) is 10.7 Å². The van der Waals surface area contributed by atoms with Crippen molar-refractivity contribution in [1.82, 2.24) is 15.2 Å². The number of hydrogen-bond acceptors (Lipinski definition) is 6. The normalized spacial score (nSPS) is 17.0. The van der Waals surface area contributed by atoms with E-state index in [1.807, 2.05) is 5.38 Å². The Balaban J connectivity index is 1.86. The van der Waals surface area contributed by atoms with Gasteiger partial charge < -0.3 is 10.1 Å². The molecule has 5 nitrogen and oxygen atoms in total. The zero-order valence-electron chi connectivity index (χ0n) is 9.94. The molecule has 1 aromatic heterocycles. The van der Waals surface area contributed by atoms with Crippen LogP contribution in [-0.2, 0) is 22.5 Å². The van der Waals surface area contributed by atoms with Gasteiger partial charge in [0.15, 0.2) is 0 Å². The highest BCUT2D eigenvalue weighted by atomic mass is 32.1. The molecule has 0 unspecified atom stereocenters. The average molecular weight is 255 g/mol. The molecular weight excluding hydrogens is 238 g/mol. The zero-order chi connectivity index (χ0) is 12.1. The summed E-state index contributed by atoms with van der Waals surface area (Å²) >= 11 is 1.61. The molecule has 1 N–H and O–H groups in total. The number of nitrogens with one attached hydrogen (secondary N) is 1. The molecule has 17 heavy (non-hydrogen) atoms. The molecule has 0 aromatic carbocycles. The van der Waals surface area contributed by atoms with Crippen molar-refractivity contribution >= 4 is 17.3 Å². The highest BCUT2D eigenvalue weighted by Gasteiger charge is 2.13. The van der Waals surface area contributed by atoms with E-state index in [4.69, 9.17) is 0 Å². The number of nitrogens with zero attached hydrogens (tertiary/aromatic N) is 2. The smallest absolute Gasteiger partial charge is 0.311 e. The average Bonchev–Trinajstić information content (AvgIpc) is 2.77. The Hall–Kier alpha value is -0.980. The molecule has 0 radical (unpaired) electrons. The largest absolute Gasteiger partial charge is 0.469 e. The maximum atomic E-state index is 11.1. The lowest BCUT2D eigenvalue weighted by atomic mass is 10.3. The second kappa shape index (κ2) is 6.09. The van der Waals surface area contributed by atoms with Crippen molar-refractivity contribution < 1.29 is 9.53 Å². The summed E-state index contributed by atoms with van der Waals surface area (Å²) in [7, 11) is 1.40. The van der Waals surface area contributed by atoms with Crippen LogP contribution in [0.25, 0.3) is 0 Å². The van der Waals surface area contributed by atoms with E-state index in [2.05, 4.69) is 19.9 Å². The molecule has 1 saturated heterocycles. The lowest BCUT2D eigenvalue weighted by molar-refractivity contribution is -0.139. The van der Waals surface area contributed by atoms with Gasteiger partial charge in [0.1, 0.15) is 5.01 Å². The van der Waals surface area contributed by atoms with E-state index in [1.165, 1.54) is 7.11 Å². The van der Waals surface area contributed by atoms with E-state index in [0.29, 0.717) is 0 Å². The minimum Gasteiger partial charge on any atom is -0.469 e. The Kier molecular flexibility index (Phi) is 4.47. The minimum absolute atomic E-state index is 0.232. The highest BCUT2D eigenvalue weighted by molar-refractivity contribution is 7.09. The number of carbonyl (C=O) groups is 1. The van der Waals surface area contributed by atoms with Crippen molar-refractivity contribution in [2.24, 2.45) is 0 Å². The van der Waals surface area contributed by atoms with Gasteiger partial charge in [0.2, 0.25) is 0 Å². The number of carbonyl (C=O) groups excluding carboxylic acids is 1. The fourth-order valence-electron chi connectivity index (χ4n) is 1.78. The number of piperazine rings is 1. The summed E-state index contributed by atoms with van der Waals surface area (Å²) in [6.07, 6.45) is 0.272. The molecule has 0 atom stereocenters. The standard InChI is InChI=1S/C11H17N3O2S/c1-16-11(15)6-9-8-17-10(13-9)7-14-4-2-12-3-5-14/h8,12H,2-7H2,1H3. The van der Waals surface area contributed by atoms with Crippen LogP contribution in [0.3, 0.4) is 0 Å². The van der Waals surface area contributed by atoms with E-state index in [-0.39, 0.29) is 12.4 Å². The Bertz CT molecular complexity index is 375. The monoisotopic (exact) mass is 255 g/mol. The van der Waals surface area contributed by atoms with Gasteiger partial charge in [-0.05, 0) is 0 Å². The molecule has 6 heteroatoms. The summed E-state index contributed by atoms with van der Waals surface area (Å²) in [4.78, 5) is 17.9. The summed E-state index contributed by atoms with van der Waals surface area (Å²) in [5.41, 5.74) is 0.812. The third-order valence-electron chi connectivity index (χ3n) is 2.72. The lowest BCUT2D eigenvalue weighted by Gasteiger charge is -2.26. The van der Waals surface area contributed by atoms with Crippen molar-refractivity contribution in [1.29, 1.82) is 0 Å². The predicted octanol–water partition coefficient (Wildman–Crippen LogP) is 0.264. The van der Waals surface area contributed by atoms with E-state index in [0.717, 1.165) is 43.4 Å². The summed E-state index contributed by atoms with van der Waals surface area (Å²) in [6.45, 7) is 5.09. The first-order chi connectivity index (χ1) is 8.28. The van der Waals surface area contributed by atoms with Gasteiger partial charge in [-0.25, -0.2) is 4.98 Å². The molecule has 2 heterocycles. The van der Waals surface area contributed by atoms with E-state index >= 15 is 0 Å². The van der Waals surface area contributed by atoms with Crippen molar-refractivity contribution in [2.45, 2.75) is 13.0 Å². The lowest BCUT2D eigenvalue weighted by Crippen LogP contribution is -2.42. The van der Waals surface area contributed by atoms with Crippen molar-refractivity contribution in [3.63, 3.8) is 0 Å². The zero-order valence-corrected chi connectivity index (χ0v) is 10.8. The van der Waals surface area contributed by atoms with Gasteiger partial charge in [0.05, 0.1) is 25.8 Å². The van der Waals surface area contributed by atoms with Crippen LogP contribution >= 0.6 is 11.3 Å². The van der Waals surface area contributed by atoms with Gasteiger partial charge >= 0.3 is 5.97 Å². The first-order valence-electron chi connectivity index (χ1n) is 5.71.